The van der Waals surface area contributed by atoms with Crippen molar-refractivity contribution in [1.29, 1.82) is 0 Å². The molecule has 0 amide bonds. The van der Waals surface area contributed by atoms with Crippen LogP contribution in [0.5, 0.6) is 0 Å². The lowest BCUT2D eigenvalue weighted by Gasteiger charge is -1.96. The molecule has 0 aromatic heterocycles. The second kappa shape index (κ2) is 10.3. The largest absolute Gasteiger partial charge is 0.228 e. The lowest BCUT2D eigenvalue weighted by atomic mass is 10.3. The molecule has 5 heteroatoms. The lowest BCUT2D eigenvalue weighted by molar-refractivity contribution is 0.602. The fraction of sp³-hybridized carbons (Fsp3) is 0.636. The van der Waals surface area contributed by atoms with Crippen LogP contribution >= 0.6 is 21.6 Å². The van der Waals surface area contributed by atoms with Gasteiger partial charge in [0.1, 0.15) is 0 Å². The minimum Gasteiger partial charge on any atom is -0.228 e. The predicted octanol–water partition coefficient (Wildman–Crippen LogP) is 3.67. The summed E-state index contributed by atoms with van der Waals surface area (Å²) < 4.78 is 22.5. The van der Waals surface area contributed by atoms with E-state index in [0.29, 0.717) is 0 Å². The van der Waals surface area contributed by atoms with Crippen molar-refractivity contribution in [2.45, 2.75) is 26.2 Å². The first-order valence-electron chi connectivity index (χ1n) is 5.37. The number of rotatable bonds is 10. The van der Waals surface area contributed by atoms with Crippen molar-refractivity contribution in [2.75, 3.05) is 17.3 Å². The van der Waals surface area contributed by atoms with Crippen molar-refractivity contribution < 1.29 is 8.42 Å². The third kappa shape index (κ3) is 10.6. The Morgan fingerprint density at radius 1 is 1.25 bits per heavy atom. The maximum atomic E-state index is 11.3. The van der Waals surface area contributed by atoms with E-state index >= 15 is 0 Å². The summed E-state index contributed by atoms with van der Waals surface area (Å²) in [6, 6.07) is 0. The molecule has 0 radical (unpaired) electrons. The van der Waals surface area contributed by atoms with Crippen LogP contribution in [-0.2, 0) is 9.84 Å². The minimum absolute atomic E-state index is 0.0612. The topological polar surface area (TPSA) is 34.1 Å². The molecule has 0 atom stereocenters. The van der Waals surface area contributed by atoms with E-state index < -0.39 is 9.84 Å². The summed E-state index contributed by atoms with van der Waals surface area (Å²) in [6.45, 7) is 5.60. The first kappa shape index (κ1) is 16.1. The molecule has 0 heterocycles. The monoisotopic (exact) mass is 280 g/mol. The standard InChI is InChI=1S/C11H20O2S3/c1-3-5-6-8-14-15-9-7-11-16(12,13)10-4-2/h4,7,9H,2-3,5-6,8,10-11H2,1H3/b9-7+. The molecule has 0 N–H and O–H groups in total. The molecule has 0 aromatic carbocycles. The molecule has 0 unspecified atom stereocenters. The van der Waals surface area contributed by atoms with Gasteiger partial charge in [-0.2, -0.15) is 0 Å². The van der Waals surface area contributed by atoms with Gasteiger partial charge in [0.25, 0.3) is 0 Å². The van der Waals surface area contributed by atoms with Crippen molar-refractivity contribution in [2.24, 2.45) is 0 Å². The third-order valence-corrected chi connectivity index (χ3v) is 5.35. The predicted molar refractivity (Wildman–Crippen MR) is 77.6 cm³/mol. The van der Waals surface area contributed by atoms with Crippen molar-refractivity contribution in [3.05, 3.63) is 24.1 Å². The summed E-state index contributed by atoms with van der Waals surface area (Å²) in [5, 5.41) is 1.86. The molecule has 0 spiro atoms. The molecule has 0 saturated carbocycles. The van der Waals surface area contributed by atoms with Gasteiger partial charge >= 0.3 is 0 Å². The van der Waals surface area contributed by atoms with E-state index in [-0.39, 0.29) is 11.5 Å². The highest BCUT2D eigenvalue weighted by Crippen LogP contribution is 2.23. The summed E-state index contributed by atoms with van der Waals surface area (Å²) in [5.41, 5.74) is 0. The van der Waals surface area contributed by atoms with Crippen LogP contribution in [0.2, 0.25) is 0 Å². The molecular formula is C11H20O2S3. The van der Waals surface area contributed by atoms with Gasteiger partial charge in [-0.05, 0) is 11.8 Å². The molecule has 0 aliphatic carbocycles. The Kier molecular flexibility index (Phi) is 10.4. The van der Waals surface area contributed by atoms with Crippen LogP contribution in [0.15, 0.2) is 24.1 Å². The Hall–Kier alpha value is 0.130. The summed E-state index contributed by atoms with van der Waals surface area (Å²) in [7, 11) is 0.420. The zero-order valence-electron chi connectivity index (χ0n) is 9.72. The van der Waals surface area contributed by atoms with E-state index in [2.05, 4.69) is 13.5 Å². The van der Waals surface area contributed by atoms with Crippen LogP contribution < -0.4 is 0 Å². The first-order chi connectivity index (χ1) is 7.62. The molecule has 0 aliphatic heterocycles. The minimum atomic E-state index is -2.96. The second-order valence-electron chi connectivity index (χ2n) is 3.36. The van der Waals surface area contributed by atoms with Crippen LogP contribution in [0.3, 0.4) is 0 Å². The van der Waals surface area contributed by atoms with Crippen molar-refractivity contribution in [3.8, 4) is 0 Å². The van der Waals surface area contributed by atoms with Gasteiger partial charge < -0.3 is 0 Å². The Bertz CT molecular complexity index is 294. The highest BCUT2D eigenvalue weighted by Gasteiger charge is 2.03. The molecule has 0 bridgehead atoms. The number of sulfone groups is 1. The molecule has 94 valence electrons. The second-order valence-corrected chi connectivity index (χ2v) is 7.91. The molecule has 0 rings (SSSR count). The lowest BCUT2D eigenvalue weighted by Crippen LogP contribution is -2.06. The van der Waals surface area contributed by atoms with E-state index in [1.165, 1.54) is 25.3 Å². The Morgan fingerprint density at radius 2 is 2.00 bits per heavy atom. The number of hydrogen-bond acceptors (Lipinski definition) is 4. The van der Waals surface area contributed by atoms with Crippen LogP contribution in [0.4, 0.5) is 0 Å². The molecular weight excluding hydrogens is 260 g/mol. The van der Waals surface area contributed by atoms with Crippen LogP contribution in [-0.4, -0.2) is 25.7 Å². The quantitative estimate of drug-likeness (QED) is 0.347. The van der Waals surface area contributed by atoms with Gasteiger partial charge in [-0.15, -0.1) is 6.58 Å². The molecule has 0 saturated heterocycles. The van der Waals surface area contributed by atoms with Crippen LogP contribution in [0.1, 0.15) is 26.2 Å². The number of unbranched alkanes of at least 4 members (excludes halogenated alkanes) is 2. The summed E-state index contributed by atoms with van der Waals surface area (Å²) in [6.07, 6.45) is 6.87. The number of hydrogen-bond donors (Lipinski definition) is 0. The molecule has 0 aromatic rings. The van der Waals surface area contributed by atoms with E-state index in [4.69, 9.17) is 0 Å². The average Bonchev–Trinajstić information content (AvgIpc) is 2.22. The zero-order chi connectivity index (χ0) is 12.3. The van der Waals surface area contributed by atoms with Crippen LogP contribution in [0.25, 0.3) is 0 Å². The zero-order valence-corrected chi connectivity index (χ0v) is 12.2. The Morgan fingerprint density at radius 3 is 2.62 bits per heavy atom. The Labute approximate surface area is 107 Å². The molecule has 0 fully saturated rings. The average molecular weight is 280 g/mol. The van der Waals surface area contributed by atoms with E-state index in [0.717, 1.165) is 5.75 Å². The van der Waals surface area contributed by atoms with Gasteiger partial charge in [0, 0.05) is 5.75 Å². The molecule has 0 aliphatic rings. The summed E-state index contributed by atoms with van der Waals surface area (Å²) in [5.74, 6) is 1.30. The Balaban J connectivity index is 3.51. The van der Waals surface area contributed by atoms with Gasteiger partial charge in [0.15, 0.2) is 9.84 Å². The third-order valence-electron chi connectivity index (χ3n) is 1.77. The van der Waals surface area contributed by atoms with Crippen molar-refractivity contribution in [1.82, 2.24) is 0 Å². The SMILES string of the molecule is C=CCS(=O)(=O)C/C=C/SSCCCCC. The smallest absolute Gasteiger partial charge is 0.157 e. The van der Waals surface area contributed by atoms with E-state index in [1.807, 2.05) is 5.41 Å². The van der Waals surface area contributed by atoms with Gasteiger partial charge in [0.05, 0.1) is 11.5 Å². The van der Waals surface area contributed by atoms with Crippen LogP contribution in [0, 0.1) is 0 Å². The first-order valence-corrected chi connectivity index (χ1v) is 9.57. The van der Waals surface area contributed by atoms with Gasteiger partial charge in [-0.3, -0.25) is 0 Å². The maximum absolute atomic E-state index is 11.3. The van der Waals surface area contributed by atoms with E-state index in [9.17, 15) is 8.42 Å². The highest BCUT2D eigenvalue weighted by molar-refractivity contribution is 8.77. The van der Waals surface area contributed by atoms with Gasteiger partial charge in [0.2, 0.25) is 0 Å². The fourth-order valence-electron chi connectivity index (χ4n) is 0.971. The van der Waals surface area contributed by atoms with Gasteiger partial charge in [-0.25, -0.2) is 8.42 Å². The molecule has 2 nitrogen and oxygen atoms in total. The van der Waals surface area contributed by atoms with Crippen molar-refractivity contribution >= 4 is 31.4 Å². The maximum Gasteiger partial charge on any atom is 0.157 e. The van der Waals surface area contributed by atoms with E-state index in [1.54, 1.807) is 27.7 Å². The molecule has 16 heavy (non-hydrogen) atoms. The highest BCUT2D eigenvalue weighted by atomic mass is 33.1. The normalized spacial score (nSPS) is 12.1. The fourth-order valence-corrected chi connectivity index (χ4v) is 3.76. The summed E-state index contributed by atoms with van der Waals surface area (Å²) >= 11 is 0. The summed E-state index contributed by atoms with van der Waals surface area (Å²) in [4.78, 5) is 0. The van der Waals surface area contributed by atoms with Crippen molar-refractivity contribution in [3.63, 3.8) is 0 Å². The van der Waals surface area contributed by atoms with Gasteiger partial charge in [-0.1, -0.05) is 53.5 Å².